The lowest BCUT2D eigenvalue weighted by Gasteiger charge is -2.29. The van der Waals surface area contributed by atoms with Crippen LogP contribution in [-0.2, 0) is 11.4 Å². The summed E-state index contributed by atoms with van der Waals surface area (Å²) < 4.78 is 18.5. The van der Waals surface area contributed by atoms with Gasteiger partial charge < -0.3 is 24.8 Å². The average molecular weight is 601 g/mol. The van der Waals surface area contributed by atoms with Crippen molar-refractivity contribution in [2.75, 3.05) is 24.9 Å². The van der Waals surface area contributed by atoms with Crippen LogP contribution in [-0.4, -0.2) is 34.9 Å². The van der Waals surface area contributed by atoms with Gasteiger partial charge in [-0.1, -0.05) is 53.0 Å². The van der Waals surface area contributed by atoms with Gasteiger partial charge in [-0.2, -0.15) is 10.1 Å². The molecule has 1 aromatic heterocycles. The van der Waals surface area contributed by atoms with Gasteiger partial charge in [0.05, 0.1) is 40.5 Å². The fourth-order valence-corrected chi connectivity index (χ4v) is 4.96. The number of hydrogen-bond donors (Lipinski definition) is 2. The molecule has 0 radical (unpaired) electrons. The largest absolute Gasteiger partial charge is 0.495 e. The molecule has 0 saturated carbocycles. The van der Waals surface area contributed by atoms with Crippen LogP contribution in [0, 0.1) is 0 Å². The number of nitrogens with one attached hydrogen (secondary N) is 2. The standard InChI is InChI=1S/C28H24Cl3N5O4/c1-15-25(27(37)35-22-12-23(38-2)21(31)11-24(22)39-3)26(36-28(34-15)32-14-33-36)17-5-4-6-18(10-17)40-13-16-7-8-19(29)20(30)9-16/h4-12,14,26H,13H2,1-3H3,(H,35,37)(H,32,33,34)/t26-/m0/s1. The fourth-order valence-electron chi connectivity index (χ4n) is 4.41. The van der Waals surface area contributed by atoms with Crippen molar-refractivity contribution in [2.45, 2.75) is 19.6 Å². The number of allylic oxidation sites excluding steroid dienone is 1. The molecule has 2 N–H and O–H groups in total. The molecular formula is C28H24Cl3N5O4. The molecule has 0 bridgehead atoms. The van der Waals surface area contributed by atoms with Crippen molar-refractivity contribution in [3.8, 4) is 17.2 Å². The lowest BCUT2D eigenvalue weighted by Crippen LogP contribution is -2.31. The predicted molar refractivity (Wildman–Crippen MR) is 155 cm³/mol. The first-order chi connectivity index (χ1) is 19.3. The first kappa shape index (κ1) is 27.6. The van der Waals surface area contributed by atoms with Crippen LogP contribution in [0.3, 0.4) is 0 Å². The number of benzene rings is 3. The normalized spacial score (nSPS) is 14.3. The van der Waals surface area contributed by atoms with Gasteiger partial charge in [-0.25, -0.2) is 4.68 Å². The summed E-state index contributed by atoms with van der Waals surface area (Å²) in [6.07, 6.45) is 1.43. The van der Waals surface area contributed by atoms with E-state index in [-0.39, 0.29) is 12.5 Å². The van der Waals surface area contributed by atoms with E-state index in [2.05, 4.69) is 20.7 Å². The topological polar surface area (TPSA) is 99.5 Å². The Morgan fingerprint density at radius 1 is 1.00 bits per heavy atom. The van der Waals surface area contributed by atoms with Crippen LogP contribution in [0.4, 0.5) is 11.6 Å². The Morgan fingerprint density at radius 3 is 2.55 bits per heavy atom. The molecule has 0 aliphatic carbocycles. The van der Waals surface area contributed by atoms with E-state index in [0.717, 1.165) is 11.1 Å². The fraction of sp³-hybridized carbons (Fsp3) is 0.179. The van der Waals surface area contributed by atoms with Gasteiger partial charge in [-0.3, -0.25) is 4.79 Å². The summed E-state index contributed by atoms with van der Waals surface area (Å²) in [7, 11) is 2.99. The third kappa shape index (κ3) is 5.54. The maximum absolute atomic E-state index is 13.8. The number of ether oxygens (including phenoxy) is 3. The summed E-state index contributed by atoms with van der Waals surface area (Å²) in [5, 5.41) is 11.8. The number of carbonyl (C=O) groups excluding carboxylic acids is 1. The van der Waals surface area contributed by atoms with Crippen molar-refractivity contribution in [3.05, 3.63) is 98.4 Å². The molecule has 1 atom stereocenters. The Labute approximate surface area is 245 Å². The monoisotopic (exact) mass is 599 g/mol. The SMILES string of the molecule is COc1cc(NC(=O)C2=C(C)Nc3ncnn3[C@H]2c2cccc(OCc3ccc(Cl)c(Cl)c3)c2)c(OC)cc1Cl. The van der Waals surface area contributed by atoms with E-state index < -0.39 is 6.04 Å². The second-order valence-electron chi connectivity index (χ2n) is 8.85. The summed E-state index contributed by atoms with van der Waals surface area (Å²) in [6.45, 7) is 2.09. The highest BCUT2D eigenvalue weighted by atomic mass is 35.5. The van der Waals surface area contributed by atoms with Gasteiger partial charge in [0.1, 0.15) is 36.2 Å². The molecule has 40 heavy (non-hydrogen) atoms. The molecule has 5 rings (SSSR count). The lowest BCUT2D eigenvalue weighted by atomic mass is 9.94. The first-order valence-electron chi connectivity index (χ1n) is 12.1. The molecule has 0 saturated heterocycles. The Balaban J connectivity index is 1.47. The highest BCUT2D eigenvalue weighted by Gasteiger charge is 2.34. The molecule has 0 unspecified atom stereocenters. The molecule has 206 valence electrons. The first-order valence-corrected chi connectivity index (χ1v) is 13.2. The number of hydrogen-bond acceptors (Lipinski definition) is 7. The maximum atomic E-state index is 13.8. The maximum Gasteiger partial charge on any atom is 0.255 e. The second kappa shape index (κ2) is 11.7. The van der Waals surface area contributed by atoms with E-state index in [1.54, 1.807) is 28.9 Å². The third-order valence-corrected chi connectivity index (χ3v) is 7.36. The number of aromatic nitrogens is 3. The molecular weight excluding hydrogens is 577 g/mol. The minimum absolute atomic E-state index is 0.279. The number of methoxy groups -OCH3 is 2. The number of fused-ring (bicyclic) bond motifs is 1. The van der Waals surface area contributed by atoms with Crippen LogP contribution in [0.5, 0.6) is 17.2 Å². The molecule has 1 amide bonds. The Hall–Kier alpha value is -3.92. The molecule has 4 aromatic rings. The highest BCUT2D eigenvalue weighted by molar-refractivity contribution is 6.42. The summed E-state index contributed by atoms with van der Waals surface area (Å²) in [4.78, 5) is 18.2. The minimum Gasteiger partial charge on any atom is -0.495 e. The van der Waals surface area contributed by atoms with Crippen LogP contribution in [0.25, 0.3) is 0 Å². The van der Waals surface area contributed by atoms with Crippen molar-refractivity contribution >= 4 is 52.3 Å². The van der Waals surface area contributed by atoms with E-state index in [4.69, 9.17) is 49.0 Å². The molecule has 9 nitrogen and oxygen atoms in total. The van der Waals surface area contributed by atoms with E-state index in [1.165, 1.54) is 20.5 Å². The van der Waals surface area contributed by atoms with Crippen LogP contribution in [0.1, 0.15) is 24.1 Å². The zero-order valence-corrected chi connectivity index (χ0v) is 23.9. The van der Waals surface area contributed by atoms with Crippen LogP contribution in [0.15, 0.2) is 72.2 Å². The molecule has 1 aliphatic rings. The number of halogens is 3. The second-order valence-corrected chi connectivity index (χ2v) is 10.1. The number of nitrogens with zero attached hydrogens (tertiary/aromatic N) is 3. The summed E-state index contributed by atoms with van der Waals surface area (Å²) in [6, 6.07) is 15.4. The van der Waals surface area contributed by atoms with Crippen molar-refractivity contribution in [1.82, 2.24) is 14.8 Å². The quantitative estimate of drug-likeness (QED) is 0.230. The number of carbonyl (C=O) groups is 1. The van der Waals surface area contributed by atoms with Gasteiger partial charge in [0.15, 0.2) is 0 Å². The van der Waals surface area contributed by atoms with Crippen LogP contribution in [0.2, 0.25) is 15.1 Å². The molecule has 0 spiro atoms. The zero-order chi connectivity index (χ0) is 28.4. The molecule has 0 fully saturated rings. The summed E-state index contributed by atoms with van der Waals surface area (Å²) >= 11 is 18.4. The highest BCUT2D eigenvalue weighted by Crippen LogP contribution is 2.39. The van der Waals surface area contributed by atoms with E-state index in [1.807, 2.05) is 37.3 Å². The zero-order valence-electron chi connectivity index (χ0n) is 21.7. The summed E-state index contributed by atoms with van der Waals surface area (Å²) in [5.74, 6) is 1.52. The number of rotatable bonds is 8. The van der Waals surface area contributed by atoms with Crippen molar-refractivity contribution in [3.63, 3.8) is 0 Å². The number of amides is 1. The third-order valence-electron chi connectivity index (χ3n) is 6.32. The van der Waals surface area contributed by atoms with Crippen molar-refractivity contribution in [1.29, 1.82) is 0 Å². The Kier molecular flexibility index (Phi) is 8.07. The predicted octanol–water partition coefficient (Wildman–Crippen LogP) is 6.76. The minimum atomic E-state index is -0.604. The Bertz CT molecular complexity index is 1620. The van der Waals surface area contributed by atoms with Crippen LogP contribution < -0.4 is 24.8 Å². The van der Waals surface area contributed by atoms with E-state index >= 15 is 0 Å². The van der Waals surface area contributed by atoms with Crippen LogP contribution >= 0.6 is 34.8 Å². The van der Waals surface area contributed by atoms with Gasteiger partial charge in [0.25, 0.3) is 5.91 Å². The van der Waals surface area contributed by atoms with E-state index in [9.17, 15) is 4.79 Å². The Morgan fingerprint density at radius 2 is 1.80 bits per heavy atom. The molecule has 2 heterocycles. The van der Waals surface area contributed by atoms with Gasteiger partial charge in [-0.05, 0) is 42.3 Å². The number of anilines is 2. The van der Waals surface area contributed by atoms with Gasteiger partial charge in [0, 0.05) is 17.8 Å². The van der Waals surface area contributed by atoms with Crippen molar-refractivity contribution < 1.29 is 19.0 Å². The summed E-state index contributed by atoms with van der Waals surface area (Å²) in [5.41, 5.74) is 3.07. The average Bonchev–Trinajstić information content (AvgIpc) is 3.41. The molecule has 1 aliphatic heterocycles. The van der Waals surface area contributed by atoms with E-state index in [0.29, 0.717) is 55.2 Å². The molecule has 12 heteroatoms. The van der Waals surface area contributed by atoms with Crippen molar-refractivity contribution in [2.24, 2.45) is 0 Å². The van der Waals surface area contributed by atoms with Gasteiger partial charge in [0.2, 0.25) is 5.95 Å². The molecule has 3 aromatic carbocycles. The lowest BCUT2D eigenvalue weighted by molar-refractivity contribution is -0.113. The smallest absolute Gasteiger partial charge is 0.255 e. The van der Waals surface area contributed by atoms with Gasteiger partial charge >= 0.3 is 0 Å². The van der Waals surface area contributed by atoms with Gasteiger partial charge in [-0.15, -0.1) is 0 Å².